The smallest absolute Gasteiger partial charge is 0.317 e. The minimum atomic E-state index is -0.807. The van der Waals surface area contributed by atoms with Gasteiger partial charge in [-0.15, -0.1) is 6.42 Å². The Hall–Kier alpha value is -1.05. The van der Waals surface area contributed by atoms with Crippen molar-refractivity contribution in [3.63, 3.8) is 0 Å². The van der Waals surface area contributed by atoms with Crippen LogP contribution in [0.4, 0.5) is 0 Å². The summed E-state index contributed by atoms with van der Waals surface area (Å²) in [5, 5.41) is 8.82. The third kappa shape index (κ3) is 3.51. The predicted molar refractivity (Wildman–Crippen MR) is 63.2 cm³/mol. The minimum Gasteiger partial charge on any atom is -0.480 e. The van der Waals surface area contributed by atoms with Crippen molar-refractivity contribution in [2.75, 3.05) is 26.2 Å². The largest absolute Gasteiger partial charge is 0.480 e. The van der Waals surface area contributed by atoms with Crippen LogP contribution < -0.4 is 0 Å². The van der Waals surface area contributed by atoms with Crippen LogP contribution in [0.25, 0.3) is 0 Å². The predicted octanol–water partition coefficient (Wildman–Crippen LogP) is 0.489. The van der Waals surface area contributed by atoms with Crippen LogP contribution in [0, 0.1) is 12.3 Å². The van der Waals surface area contributed by atoms with Crippen molar-refractivity contribution in [2.24, 2.45) is 0 Å². The second-order valence-electron chi connectivity index (χ2n) is 4.53. The third-order valence-corrected chi connectivity index (χ3v) is 3.07. The quantitative estimate of drug-likeness (QED) is 0.690. The molecule has 4 nitrogen and oxygen atoms in total. The van der Waals surface area contributed by atoms with Crippen LogP contribution in [-0.2, 0) is 4.79 Å². The Morgan fingerprint density at radius 2 is 2.38 bits per heavy atom. The maximum absolute atomic E-state index is 10.7. The van der Waals surface area contributed by atoms with Crippen molar-refractivity contribution in [3.05, 3.63) is 0 Å². The van der Waals surface area contributed by atoms with E-state index in [4.69, 9.17) is 11.5 Å². The van der Waals surface area contributed by atoms with Crippen LogP contribution >= 0.6 is 0 Å². The molecule has 0 aromatic heterocycles. The van der Waals surface area contributed by atoms with Gasteiger partial charge in [-0.1, -0.05) is 5.92 Å². The van der Waals surface area contributed by atoms with Gasteiger partial charge >= 0.3 is 5.97 Å². The Morgan fingerprint density at radius 3 is 2.81 bits per heavy atom. The molecule has 90 valence electrons. The zero-order valence-corrected chi connectivity index (χ0v) is 10.0. The van der Waals surface area contributed by atoms with Gasteiger partial charge in [0.15, 0.2) is 0 Å². The summed E-state index contributed by atoms with van der Waals surface area (Å²) in [5.74, 6) is 1.73. The van der Waals surface area contributed by atoms with E-state index >= 15 is 0 Å². The van der Waals surface area contributed by atoms with E-state index in [1.54, 1.807) is 0 Å². The summed E-state index contributed by atoms with van der Waals surface area (Å²) in [7, 11) is 0. The van der Waals surface area contributed by atoms with Crippen molar-refractivity contribution in [1.29, 1.82) is 0 Å². The Balaban J connectivity index is 2.53. The number of hydrogen-bond acceptors (Lipinski definition) is 3. The van der Waals surface area contributed by atoms with Crippen molar-refractivity contribution < 1.29 is 9.90 Å². The highest BCUT2D eigenvalue weighted by Crippen LogP contribution is 2.17. The normalized spacial score (nSPS) is 21.6. The van der Waals surface area contributed by atoms with Gasteiger partial charge < -0.3 is 5.11 Å². The van der Waals surface area contributed by atoms with Crippen molar-refractivity contribution in [1.82, 2.24) is 9.80 Å². The zero-order valence-electron chi connectivity index (χ0n) is 10.0. The molecule has 16 heavy (non-hydrogen) atoms. The Bertz CT molecular complexity index is 283. The lowest BCUT2D eigenvalue weighted by Crippen LogP contribution is -2.41. The summed E-state index contributed by atoms with van der Waals surface area (Å²) in [5.41, 5.74) is 0. The number of hydrogen-bond donors (Lipinski definition) is 1. The first kappa shape index (κ1) is 13.0. The van der Waals surface area contributed by atoms with Gasteiger partial charge in [-0.05, 0) is 20.3 Å². The molecule has 0 saturated carbocycles. The average Bonchev–Trinajstić information content (AvgIpc) is 2.65. The highest BCUT2D eigenvalue weighted by atomic mass is 16.4. The van der Waals surface area contributed by atoms with Crippen LogP contribution in [0.15, 0.2) is 0 Å². The molecule has 1 aliphatic heterocycles. The molecule has 0 radical (unpaired) electrons. The number of nitrogens with zero attached hydrogens (tertiary/aromatic N) is 2. The maximum atomic E-state index is 10.7. The second kappa shape index (κ2) is 5.88. The molecule has 0 spiro atoms. The van der Waals surface area contributed by atoms with Crippen LogP contribution in [0.5, 0.6) is 0 Å². The Morgan fingerprint density at radius 1 is 1.69 bits per heavy atom. The molecule has 1 fully saturated rings. The number of aliphatic carboxylic acids is 1. The number of rotatable bonds is 5. The molecule has 1 rings (SSSR count). The van der Waals surface area contributed by atoms with Crippen LogP contribution in [0.2, 0.25) is 0 Å². The molecular weight excluding hydrogens is 204 g/mol. The number of terminal acetylenes is 1. The van der Waals surface area contributed by atoms with E-state index in [1.165, 1.54) is 0 Å². The molecule has 1 heterocycles. The zero-order chi connectivity index (χ0) is 12.1. The molecule has 4 heteroatoms. The fourth-order valence-electron chi connectivity index (χ4n) is 2.14. The fourth-order valence-corrected chi connectivity index (χ4v) is 2.14. The average molecular weight is 224 g/mol. The molecule has 1 N–H and O–H groups in total. The van der Waals surface area contributed by atoms with Crippen LogP contribution in [0.1, 0.15) is 20.3 Å². The van der Waals surface area contributed by atoms with Gasteiger partial charge in [0.25, 0.3) is 0 Å². The maximum Gasteiger partial charge on any atom is 0.317 e. The van der Waals surface area contributed by atoms with Gasteiger partial charge in [-0.3, -0.25) is 14.6 Å². The van der Waals surface area contributed by atoms with Gasteiger partial charge in [-0.2, -0.15) is 0 Å². The van der Waals surface area contributed by atoms with E-state index in [0.717, 1.165) is 19.5 Å². The van der Waals surface area contributed by atoms with E-state index < -0.39 is 5.97 Å². The van der Waals surface area contributed by atoms with E-state index in [0.29, 0.717) is 12.6 Å². The molecule has 0 amide bonds. The summed E-state index contributed by atoms with van der Waals surface area (Å²) < 4.78 is 0. The molecule has 0 aliphatic carbocycles. The van der Waals surface area contributed by atoms with E-state index in [1.807, 2.05) is 4.90 Å². The number of carboxylic acids is 1. The summed E-state index contributed by atoms with van der Waals surface area (Å²) in [6.45, 7) is 6.73. The highest BCUT2D eigenvalue weighted by Gasteiger charge is 2.29. The van der Waals surface area contributed by atoms with E-state index in [9.17, 15) is 4.79 Å². The molecular formula is C12H20N2O2. The third-order valence-electron chi connectivity index (χ3n) is 3.07. The van der Waals surface area contributed by atoms with Gasteiger partial charge in [0, 0.05) is 25.2 Å². The fraction of sp³-hybridized carbons (Fsp3) is 0.750. The lowest BCUT2D eigenvalue weighted by atomic mass is 10.2. The first-order valence-corrected chi connectivity index (χ1v) is 5.68. The van der Waals surface area contributed by atoms with Gasteiger partial charge in [0.2, 0.25) is 0 Å². The Labute approximate surface area is 97.2 Å². The second-order valence-corrected chi connectivity index (χ2v) is 4.53. The summed E-state index contributed by atoms with van der Waals surface area (Å²) >= 11 is 0. The molecule has 0 aromatic carbocycles. The molecule has 1 aliphatic rings. The molecule has 0 bridgehead atoms. The molecule has 1 atom stereocenters. The minimum absolute atomic E-state index is 0.0425. The number of carboxylic acid groups (broad SMARTS) is 1. The van der Waals surface area contributed by atoms with Gasteiger partial charge in [0.05, 0.1) is 13.1 Å². The van der Waals surface area contributed by atoms with Crippen molar-refractivity contribution in [2.45, 2.75) is 32.4 Å². The first-order valence-electron chi connectivity index (χ1n) is 5.68. The molecule has 0 aromatic rings. The lowest BCUT2D eigenvalue weighted by Gasteiger charge is -2.26. The number of carbonyl (C=O) groups is 1. The SMILES string of the molecule is C#CCN(CC(=O)O)C1CCN(C(C)C)C1. The topological polar surface area (TPSA) is 43.8 Å². The van der Waals surface area contributed by atoms with E-state index in [2.05, 4.69) is 24.7 Å². The molecule has 1 saturated heterocycles. The number of likely N-dealkylation sites (tertiary alicyclic amines) is 1. The van der Waals surface area contributed by atoms with Gasteiger partial charge in [-0.25, -0.2) is 0 Å². The highest BCUT2D eigenvalue weighted by molar-refractivity contribution is 5.69. The monoisotopic (exact) mass is 224 g/mol. The summed E-state index contributed by atoms with van der Waals surface area (Å²) in [4.78, 5) is 15.0. The van der Waals surface area contributed by atoms with E-state index in [-0.39, 0.29) is 12.6 Å². The standard InChI is InChI=1S/C12H20N2O2/c1-4-6-14(9-12(15)16)11-5-7-13(8-11)10(2)3/h1,10-11H,5-9H2,2-3H3,(H,15,16). The summed E-state index contributed by atoms with van der Waals surface area (Å²) in [6.07, 6.45) is 6.28. The van der Waals surface area contributed by atoms with Crippen molar-refractivity contribution in [3.8, 4) is 12.3 Å². The first-order chi connectivity index (χ1) is 7.54. The van der Waals surface area contributed by atoms with Crippen LogP contribution in [-0.4, -0.2) is 59.1 Å². The van der Waals surface area contributed by atoms with Crippen molar-refractivity contribution >= 4 is 5.97 Å². The van der Waals surface area contributed by atoms with Crippen LogP contribution in [0.3, 0.4) is 0 Å². The molecule has 1 unspecified atom stereocenters. The lowest BCUT2D eigenvalue weighted by molar-refractivity contribution is -0.138. The van der Waals surface area contributed by atoms with Gasteiger partial charge in [0.1, 0.15) is 0 Å². The summed E-state index contributed by atoms with van der Waals surface area (Å²) in [6, 6.07) is 0.803. The Kier molecular flexibility index (Phi) is 4.78.